The molecule has 0 saturated carbocycles. The normalized spacial score (nSPS) is 16.6. The maximum atomic E-state index is 13.5. The standard InChI is InChI=1S/C29H28F3N3O2S/c1-19-3-8-24-23(15-19)28(18-35(24)26(36)16-20-4-6-22(38-2)7-5-20)10-13-34(14-11-28)27(37)21-9-12-33-25(17-21)29(30,31)32/h3-9,12,15,17H,10-11,13-14,16,18H2,1-2H3. The largest absolute Gasteiger partial charge is 0.433 e. The Bertz CT molecular complexity index is 1370. The molecule has 38 heavy (non-hydrogen) atoms. The molecule has 2 amide bonds. The highest BCUT2D eigenvalue weighted by Crippen LogP contribution is 2.47. The number of pyridine rings is 1. The lowest BCUT2D eigenvalue weighted by molar-refractivity contribution is -0.141. The fourth-order valence-corrected chi connectivity index (χ4v) is 5.89. The third kappa shape index (κ3) is 5.04. The van der Waals surface area contributed by atoms with Crippen molar-refractivity contribution in [2.75, 3.05) is 30.8 Å². The lowest BCUT2D eigenvalue weighted by Gasteiger charge is -2.40. The molecule has 5 nitrogen and oxygen atoms in total. The Morgan fingerprint density at radius 2 is 1.74 bits per heavy atom. The first kappa shape index (κ1) is 26.3. The Labute approximate surface area is 224 Å². The van der Waals surface area contributed by atoms with Crippen molar-refractivity contribution >= 4 is 29.3 Å². The van der Waals surface area contributed by atoms with E-state index in [-0.39, 0.29) is 16.9 Å². The summed E-state index contributed by atoms with van der Waals surface area (Å²) < 4.78 is 39.3. The van der Waals surface area contributed by atoms with Gasteiger partial charge in [0.1, 0.15) is 5.69 Å². The Kier molecular flexibility index (Phi) is 6.98. The van der Waals surface area contributed by atoms with Gasteiger partial charge in [-0.1, -0.05) is 29.8 Å². The highest BCUT2D eigenvalue weighted by atomic mass is 32.2. The van der Waals surface area contributed by atoms with Gasteiger partial charge in [-0.05, 0) is 67.5 Å². The molecule has 1 fully saturated rings. The molecule has 3 heterocycles. The number of alkyl halides is 3. The average Bonchev–Trinajstić information content (AvgIpc) is 3.22. The van der Waals surface area contributed by atoms with E-state index < -0.39 is 17.8 Å². The molecule has 2 aliphatic rings. The smallest absolute Gasteiger partial charge is 0.339 e. The van der Waals surface area contributed by atoms with E-state index in [1.165, 1.54) is 6.07 Å². The molecule has 1 aromatic heterocycles. The minimum Gasteiger partial charge on any atom is -0.339 e. The number of halogens is 3. The van der Waals surface area contributed by atoms with Crippen LogP contribution < -0.4 is 4.90 Å². The van der Waals surface area contributed by atoms with E-state index in [1.54, 1.807) is 16.7 Å². The van der Waals surface area contributed by atoms with Crippen molar-refractivity contribution in [1.82, 2.24) is 9.88 Å². The van der Waals surface area contributed by atoms with Crippen molar-refractivity contribution in [2.45, 2.75) is 42.7 Å². The van der Waals surface area contributed by atoms with Crippen LogP contribution in [0.25, 0.3) is 0 Å². The van der Waals surface area contributed by atoms with Crippen LogP contribution in [0.1, 0.15) is 45.6 Å². The summed E-state index contributed by atoms with van der Waals surface area (Å²) in [6.07, 6.45) is -0.0296. The molecule has 1 saturated heterocycles. The van der Waals surface area contributed by atoms with Gasteiger partial charge in [0, 0.05) is 47.4 Å². The van der Waals surface area contributed by atoms with Crippen LogP contribution in [0.5, 0.6) is 0 Å². The van der Waals surface area contributed by atoms with Gasteiger partial charge in [0.2, 0.25) is 5.91 Å². The molecule has 2 aromatic carbocycles. The number of fused-ring (bicyclic) bond motifs is 2. The number of nitrogens with zero attached hydrogens (tertiary/aromatic N) is 3. The molecule has 3 aromatic rings. The fraction of sp³-hybridized carbons (Fsp3) is 0.345. The van der Waals surface area contributed by atoms with Gasteiger partial charge in [-0.3, -0.25) is 14.6 Å². The Hall–Kier alpha value is -3.33. The first-order chi connectivity index (χ1) is 18.1. The number of carbonyl (C=O) groups excluding carboxylic acids is 2. The SMILES string of the molecule is CSc1ccc(CC(=O)N2CC3(CCN(C(=O)c4ccnc(C(F)(F)F)c4)CC3)c3cc(C)ccc32)cc1. The minimum absolute atomic E-state index is 0.0183. The van der Waals surface area contributed by atoms with Crippen LogP contribution in [0.4, 0.5) is 18.9 Å². The zero-order valence-corrected chi connectivity index (χ0v) is 22.0. The molecule has 0 radical (unpaired) electrons. The van der Waals surface area contributed by atoms with Crippen LogP contribution in [0, 0.1) is 6.92 Å². The lowest BCUT2D eigenvalue weighted by Crippen LogP contribution is -2.48. The summed E-state index contributed by atoms with van der Waals surface area (Å²) in [5, 5.41) is 0. The lowest BCUT2D eigenvalue weighted by atomic mass is 9.74. The summed E-state index contributed by atoms with van der Waals surface area (Å²) in [6.45, 7) is 3.34. The average molecular weight is 540 g/mol. The first-order valence-corrected chi connectivity index (χ1v) is 13.7. The fourth-order valence-electron chi connectivity index (χ4n) is 5.49. The molecule has 2 aliphatic heterocycles. The Balaban J connectivity index is 1.34. The number of carbonyl (C=O) groups is 2. The van der Waals surface area contributed by atoms with E-state index in [4.69, 9.17) is 0 Å². The monoisotopic (exact) mass is 539 g/mol. The van der Waals surface area contributed by atoms with Crippen LogP contribution >= 0.6 is 11.8 Å². The molecule has 0 N–H and O–H groups in total. The van der Waals surface area contributed by atoms with Gasteiger partial charge in [0.05, 0.1) is 6.42 Å². The number of aryl methyl sites for hydroxylation is 1. The number of hydrogen-bond donors (Lipinski definition) is 0. The molecular weight excluding hydrogens is 511 g/mol. The predicted molar refractivity (Wildman–Crippen MR) is 142 cm³/mol. The number of piperidine rings is 1. The van der Waals surface area contributed by atoms with Crippen LogP contribution in [-0.4, -0.2) is 47.6 Å². The van der Waals surface area contributed by atoms with E-state index >= 15 is 0 Å². The first-order valence-electron chi connectivity index (χ1n) is 12.5. The van der Waals surface area contributed by atoms with Crippen LogP contribution in [-0.2, 0) is 22.8 Å². The number of rotatable bonds is 4. The third-order valence-electron chi connectivity index (χ3n) is 7.60. The van der Waals surface area contributed by atoms with Crippen LogP contribution in [0.15, 0.2) is 65.7 Å². The van der Waals surface area contributed by atoms with Crippen molar-refractivity contribution in [3.63, 3.8) is 0 Å². The van der Waals surface area contributed by atoms with Gasteiger partial charge in [0.25, 0.3) is 5.91 Å². The number of hydrogen-bond acceptors (Lipinski definition) is 4. The van der Waals surface area contributed by atoms with Crippen molar-refractivity contribution < 1.29 is 22.8 Å². The second-order valence-corrected chi connectivity index (χ2v) is 10.9. The molecule has 0 atom stereocenters. The van der Waals surface area contributed by atoms with Crippen molar-refractivity contribution in [2.24, 2.45) is 0 Å². The van der Waals surface area contributed by atoms with Crippen LogP contribution in [0.2, 0.25) is 0 Å². The van der Waals surface area contributed by atoms with Gasteiger partial charge in [0.15, 0.2) is 0 Å². The molecule has 1 spiro atoms. The van der Waals surface area contributed by atoms with Crippen LogP contribution in [0.3, 0.4) is 0 Å². The van der Waals surface area contributed by atoms with Crippen molar-refractivity contribution in [3.05, 3.63) is 88.7 Å². The summed E-state index contributed by atoms with van der Waals surface area (Å²) in [5.41, 5.74) is 2.68. The predicted octanol–water partition coefficient (Wildman–Crippen LogP) is 5.89. The maximum Gasteiger partial charge on any atom is 0.433 e. The number of likely N-dealkylation sites (tertiary alicyclic amines) is 1. The van der Waals surface area contributed by atoms with Gasteiger partial charge in [-0.15, -0.1) is 11.8 Å². The van der Waals surface area contributed by atoms with Gasteiger partial charge in [-0.2, -0.15) is 13.2 Å². The van der Waals surface area contributed by atoms with E-state index in [1.807, 2.05) is 54.5 Å². The summed E-state index contributed by atoms with van der Waals surface area (Å²) in [7, 11) is 0. The maximum absolute atomic E-state index is 13.5. The Morgan fingerprint density at radius 1 is 1.03 bits per heavy atom. The van der Waals surface area contributed by atoms with E-state index in [9.17, 15) is 22.8 Å². The molecule has 5 rings (SSSR count). The van der Waals surface area contributed by atoms with Gasteiger partial charge >= 0.3 is 6.18 Å². The molecule has 198 valence electrons. The molecule has 9 heteroatoms. The van der Waals surface area contributed by atoms with E-state index in [2.05, 4.69) is 11.1 Å². The molecule has 0 unspecified atom stereocenters. The molecule has 0 aliphatic carbocycles. The third-order valence-corrected chi connectivity index (χ3v) is 8.34. The van der Waals surface area contributed by atoms with Crippen molar-refractivity contribution in [3.8, 4) is 0 Å². The summed E-state index contributed by atoms with van der Waals surface area (Å²) >= 11 is 1.65. The quantitative estimate of drug-likeness (QED) is 0.388. The van der Waals surface area contributed by atoms with Gasteiger partial charge in [-0.25, -0.2) is 0 Å². The number of benzene rings is 2. The second-order valence-electron chi connectivity index (χ2n) is 10.0. The Morgan fingerprint density at radius 3 is 2.39 bits per heavy atom. The summed E-state index contributed by atoms with van der Waals surface area (Å²) in [4.78, 5) is 34.5. The highest BCUT2D eigenvalue weighted by molar-refractivity contribution is 7.98. The topological polar surface area (TPSA) is 53.5 Å². The number of thioether (sulfide) groups is 1. The number of anilines is 1. The van der Waals surface area contributed by atoms with Gasteiger partial charge < -0.3 is 9.80 Å². The second kappa shape index (κ2) is 10.1. The summed E-state index contributed by atoms with van der Waals surface area (Å²) in [6, 6.07) is 16.3. The molecule has 0 bridgehead atoms. The zero-order chi connectivity index (χ0) is 27.1. The zero-order valence-electron chi connectivity index (χ0n) is 21.2. The highest BCUT2D eigenvalue weighted by Gasteiger charge is 2.47. The summed E-state index contributed by atoms with van der Waals surface area (Å²) in [5.74, 6) is -0.407. The van der Waals surface area contributed by atoms with Crippen molar-refractivity contribution in [1.29, 1.82) is 0 Å². The minimum atomic E-state index is -4.61. The van der Waals surface area contributed by atoms with E-state index in [0.29, 0.717) is 38.9 Å². The molecular formula is C29H28F3N3O2S. The number of aromatic nitrogens is 1. The number of amides is 2. The van der Waals surface area contributed by atoms with E-state index in [0.717, 1.165) is 39.5 Å².